The van der Waals surface area contributed by atoms with Crippen molar-refractivity contribution in [1.82, 2.24) is 15.5 Å². The lowest BCUT2D eigenvalue weighted by Crippen LogP contribution is -2.45. The standard InChI is InChI=1S/C17H25F3N4/c1-21-16(22-10-9-17(18,19)20)23-12-15-8-5-11-24(15)13-14-6-3-2-4-7-14/h2-4,6-7,15H,5,8-13H2,1H3,(H2,21,22,23). The highest BCUT2D eigenvalue weighted by Crippen LogP contribution is 2.20. The average molecular weight is 342 g/mol. The van der Waals surface area contributed by atoms with Crippen LogP contribution in [-0.4, -0.2) is 49.8 Å². The second-order valence-corrected chi connectivity index (χ2v) is 6.00. The molecule has 4 nitrogen and oxygen atoms in total. The fourth-order valence-electron chi connectivity index (χ4n) is 2.91. The molecule has 0 bridgehead atoms. The normalized spacial score (nSPS) is 19.5. The molecule has 1 unspecified atom stereocenters. The van der Waals surface area contributed by atoms with Gasteiger partial charge >= 0.3 is 6.18 Å². The van der Waals surface area contributed by atoms with E-state index in [4.69, 9.17) is 0 Å². The van der Waals surface area contributed by atoms with E-state index in [0.29, 0.717) is 18.5 Å². The SMILES string of the molecule is CN=C(NCCC(F)(F)F)NCC1CCCN1Cc1ccccc1. The van der Waals surface area contributed by atoms with Gasteiger partial charge in [-0.2, -0.15) is 13.2 Å². The smallest absolute Gasteiger partial charge is 0.356 e. The molecule has 1 aliphatic heterocycles. The summed E-state index contributed by atoms with van der Waals surface area (Å²) < 4.78 is 36.6. The number of rotatable bonds is 6. The highest BCUT2D eigenvalue weighted by Gasteiger charge is 2.27. The summed E-state index contributed by atoms with van der Waals surface area (Å²) in [6, 6.07) is 10.7. The second kappa shape index (κ2) is 8.92. The third-order valence-electron chi connectivity index (χ3n) is 4.16. The summed E-state index contributed by atoms with van der Waals surface area (Å²) in [6.45, 7) is 2.45. The van der Waals surface area contributed by atoms with E-state index >= 15 is 0 Å². The van der Waals surface area contributed by atoms with Crippen molar-refractivity contribution < 1.29 is 13.2 Å². The molecule has 1 heterocycles. The topological polar surface area (TPSA) is 39.7 Å². The highest BCUT2D eigenvalue weighted by molar-refractivity contribution is 5.79. The van der Waals surface area contributed by atoms with Crippen molar-refractivity contribution in [2.24, 2.45) is 4.99 Å². The van der Waals surface area contributed by atoms with Crippen LogP contribution >= 0.6 is 0 Å². The molecule has 1 aliphatic rings. The Labute approximate surface area is 141 Å². The highest BCUT2D eigenvalue weighted by atomic mass is 19.4. The van der Waals surface area contributed by atoms with E-state index in [1.165, 1.54) is 5.56 Å². The number of hydrogen-bond donors (Lipinski definition) is 2. The average Bonchev–Trinajstić information content (AvgIpc) is 2.97. The summed E-state index contributed by atoms with van der Waals surface area (Å²) in [4.78, 5) is 6.39. The first kappa shape index (κ1) is 18.6. The Morgan fingerprint density at radius 1 is 1.25 bits per heavy atom. The van der Waals surface area contributed by atoms with Crippen LogP contribution in [0.2, 0.25) is 0 Å². The predicted octanol–water partition coefficient (Wildman–Crippen LogP) is 2.77. The van der Waals surface area contributed by atoms with Gasteiger partial charge in [0.15, 0.2) is 5.96 Å². The van der Waals surface area contributed by atoms with Gasteiger partial charge in [0.1, 0.15) is 0 Å². The fourth-order valence-corrected chi connectivity index (χ4v) is 2.91. The number of halogens is 3. The minimum atomic E-state index is -4.15. The van der Waals surface area contributed by atoms with Gasteiger partial charge in [-0.3, -0.25) is 9.89 Å². The number of nitrogens with zero attached hydrogens (tertiary/aromatic N) is 2. The monoisotopic (exact) mass is 342 g/mol. The molecule has 0 saturated carbocycles. The summed E-state index contributed by atoms with van der Waals surface area (Å²) in [7, 11) is 1.57. The van der Waals surface area contributed by atoms with Crippen molar-refractivity contribution >= 4 is 5.96 Å². The maximum Gasteiger partial charge on any atom is 0.390 e. The van der Waals surface area contributed by atoms with Crippen LogP contribution in [0.25, 0.3) is 0 Å². The number of guanidine groups is 1. The number of alkyl halides is 3. The number of aliphatic imine (C=N–C) groups is 1. The van der Waals surface area contributed by atoms with E-state index in [1.807, 2.05) is 18.2 Å². The zero-order valence-corrected chi connectivity index (χ0v) is 13.9. The third-order valence-corrected chi connectivity index (χ3v) is 4.16. The molecule has 1 aromatic rings. The number of hydrogen-bond acceptors (Lipinski definition) is 2. The molecule has 1 aromatic carbocycles. The minimum absolute atomic E-state index is 0.165. The molecule has 1 atom stereocenters. The molecular formula is C17H25F3N4. The van der Waals surface area contributed by atoms with Crippen LogP contribution in [0.15, 0.2) is 35.3 Å². The van der Waals surface area contributed by atoms with Gasteiger partial charge in [-0.25, -0.2) is 0 Å². The van der Waals surface area contributed by atoms with Crippen molar-refractivity contribution in [3.8, 4) is 0 Å². The lowest BCUT2D eigenvalue weighted by atomic mass is 10.2. The zero-order valence-electron chi connectivity index (χ0n) is 13.9. The molecule has 2 N–H and O–H groups in total. The fraction of sp³-hybridized carbons (Fsp3) is 0.588. The summed E-state index contributed by atoms with van der Waals surface area (Å²) in [5.41, 5.74) is 1.28. The molecule has 0 spiro atoms. The van der Waals surface area contributed by atoms with Crippen LogP contribution < -0.4 is 10.6 Å². The van der Waals surface area contributed by atoms with E-state index in [1.54, 1.807) is 7.05 Å². The molecule has 0 radical (unpaired) electrons. The van der Waals surface area contributed by atoms with E-state index in [-0.39, 0.29) is 6.54 Å². The largest absolute Gasteiger partial charge is 0.390 e. The van der Waals surface area contributed by atoms with Crippen molar-refractivity contribution in [1.29, 1.82) is 0 Å². The summed E-state index contributed by atoms with van der Waals surface area (Å²) in [5.74, 6) is 0.422. The minimum Gasteiger partial charge on any atom is -0.356 e. The Bertz CT molecular complexity index is 516. The Hall–Kier alpha value is -1.76. The Morgan fingerprint density at radius 2 is 2.00 bits per heavy atom. The number of nitrogens with one attached hydrogen (secondary N) is 2. The molecule has 0 aromatic heterocycles. The molecule has 2 rings (SSSR count). The maximum atomic E-state index is 12.2. The van der Waals surface area contributed by atoms with E-state index in [9.17, 15) is 13.2 Å². The van der Waals surface area contributed by atoms with Crippen molar-refractivity contribution in [3.63, 3.8) is 0 Å². The first-order valence-corrected chi connectivity index (χ1v) is 8.27. The zero-order chi connectivity index (χ0) is 17.4. The van der Waals surface area contributed by atoms with Gasteiger partial charge in [0.25, 0.3) is 0 Å². The van der Waals surface area contributed by atoms with E-state index < -0.39 is 12.6 Å². The van der Waals surface area contributed by atoms with E-state index in [0.717, 1.165) is 25.9 Å². The first-order valence-electron chi connectivity index (χ1n) is 8.27. The Kier molecular flexibility index (Phi) is 6.90. The second-order valence-electron chi connectivity index (χ2n) is 6.00. The molecule has 0 aliphatic carbocycles. The van der Waals surface area contributed by atoms with Gasteiger partial charge in [0.05, 0.1) is 6.42 Å². The quantitative estimate of drug-likeness (QED) is 0.617. The molecule has 1 saturated heterocycles. The van der Waals surface area contributed by atoms with Crippen LogP contribution in [0.1, 0.15) is 24.8 Å². The van der Waals surface area contributed by atoms with Crippen molar-refractivity contribution in [3.05, 3.63) is 35.9 Å². The lowest BCUT2D eigenvalue weighted by molar-refractivity contribution is -0.132. The van der Waals surface area contributed by atoms with Gasteiger partial charge in [0, 0.05) is 32.7 Å². The molecular weight excluding hydrogens is 317 g/mol. The summed E-state index contributed by atoms with van der Waals surface area (Å²) >= 11 is 0. The lowest BCUT2D eigenvalue weighted by Gasteiger charge is -2.25. The van der Waals surface area contributed by atoms with Crippen LogP contribution in [0.3, 0.4) is 0 Å². The predicted molar refractivity (Wildman–Crippen MR) is 89.9 cm³/mol. The van der Waals surface area contributed by atoms with Crippen LogP contribution in [-0.2, 0) is 6.54 Å². The molecule has 24 heavy (non-hydrogen) atoms. The maximum absolute atomic E-state index is 12.2. The van der Waals surface area contributed by atoms with Gasteiger partial charge in [-0.1, -0.05) is 30.3 Å². The van der Waals surface area contributed by atoms with Crippen LogP contribution in [0.5, 0.6) is 0 Å². The number of likely N-dealkylation sites (tertiary alicyclic amines) is 1. The van der Waals surface area contributed by atoms with Crippen molar-refractivity contribution in [2.45, 2.75) is 38.0 Å². The summed E-state index contributed by atoms with van der Waals surface area (Å²) in [5, 5.41) is 5.86. The van der Waals surface area contributed by atoms with Gasteiger partial charge in [-0.05, 0) is 24.9 Å². The Morgan fingerprint density at radius 3 is 2.67 bits per heavy atom. The third kappa shape index (κ3) is 6.39. The van der Waals surface area contributed by atoms with Gasteiger partial charge in [0.2, 0.25) is 0 Å². The van der Waals surface area contributed by atoms with Gasteiger partial charge in [-0.15, -0.1) is 0 Å². The molecule has 134 valence electrons. The molecule has 0 amide bonds. The van der Waals surface area contributed by atoms with Crippen LogP contribution in [0, 0.1) is 0 Å². The van der Waals surface area contributed by atoms with Crippen LogP contribution in [0.4, 0.5) is 13.2 Å². The van der Waals surface area contributed by atoms with E-state index in [2.05, 4.69) is 32.7 Å². The van der Waals surface area contributed by atoms with Gasteiger partial charge < -0.3 is 10.6 Å². The Balaban J connectivity index is 1.77. The molecule has 7 heteroatoms. The summed E-state index contributed by atoms with van der Waals surface area (Å²) in [6.07, 6.45) is -2.79. The number of benzene rings is 1. The first-order chi connectivity index (χ1) is 11.5. The van der Waals surface area contributed by atoms with Crippen molar-refractivity contribution in [2.75, 3.05) is 26.7 Å². The molecule has 1 fully saturated rings.